The molecule has 0 aliphatic carbocycles. The molecule has 0 saturated carbocycles. The second-order valence-electron chi connectivity index (χ2n) is 7.28. The van der Waals surface area contributed by atoms with Gasteiger partial charge in [0.15, 0.2) is 5.65 Å². The first-order valence-corrected chi connectivity index (χ1v) is 8.55. The van der Waals surface area contributed by atoms with Crippen LogP contribution < -0.4 is 11.1 Å². The number of benzene rings is 1. The number of carbonyl (C=O) groups excluding carboxylic acids is 1. The van der Waals surface area contributed by atoms with Crippen LogP contribution in [0, 0.1) is 13.8 Å². The van der Waals surface area contributed by atoms with Crippen LogP contribution in [0.15, 0.2) is 24.3 Å². The Morgan fingerprint density at radius 2 is 2.00 bits per heavy atom. The highest BCUT2D eigenvalue weighted by molar-refractivity contribution is 5.92. The molecule has 2 heterocycles. The number of aromatic nitrogens is 3. The van der Waals surface area contributed by atoms with Crippen LogP contribution in [0.25, 0.3) is 16.6 Å². The summed E-state index contributed by atoms with van der Waals surface area (Å²) >= 11 is 0. The lowest BCUT2D eigenvalue weighted by Gasteiger charge is -2.19. The van der Waals surface area contributed by atoms with E-state index in [1.807, 2.05) is 56.5 Å². The molecule has 0 unspecified atom stereocenters. The number of hydrogen-bond acceptors (Lipinski definition) is 4. The van der Waals surface area contributed by atoms with Crippen molar-refractivity contribution in [3.8, 4) is 0 Å². The molecule has 0 saturated heterocycles. The maximum absolute atomic E-state index is 12.1. The van der Waals surface area contributed by atoms with E-state index in [9.17, 15) is 4.79 Å². The number of carbonyl (C=O) groups is 1. The summed E-state index contributed by atoms with van der Waals surface area (Å²) in [6, 6.07) is 7.99. The van der Waals surface area contributed by atoms with Gasteiger partial charge in [-0.1, -0.05) is 12.1 Å². The maximum Gasteiger partial charge on any atom is 0.220 e. The molecule has 0 aliphatic heterocycles. The number of rotatable bonds is 5. The summed E-state index contributed by atoms with van der Waals surface area (Å²) in [5, 5.41) is 8.58. The van der Waals surface area contributed by atoms with Crippen molar-refractivity contribution in [1.82, 2.24) is 19.9 Å². The number of aryl methyl sites for hydroxylation is 2. The summed E-state index contributed by atoms with van der Waals surface area (Å²) in [6.07, 6.45) is 1.04. The van der Waals surface area contributed by atoms with Crippen molar-refractivity contribution in [2.24, 2.45) is 5.73 Å². The van der Waals surface area contributed by atoms with Crippen molar-refractivity contribution >= 4 is 22.5 Å². The first kappa shape index (κ1) is 17.4. The maximum atomic E-state index is 12.1. The Morgan fingerprint density at radius 3 is 2.72 bits per heavy atom. The van der Waals surface area contributed by atoms with Gasteiger partial charge in [0.25, 0.3) is 0 Å². The molecule has 6 nitrogen and oxygen atoms in total. The number of nitrogens with two attached hydrogens (primary N) is 1. The molecule has 1 aromatic carbocycles. The highest BCUT2D eigenvalue weighted by Gasteiger charge is 2.16. The average Bonchev–Trinajstić information content (AvgIpc) is 2.91. The first-order valence-electron chi connectivity index (χ1n) is 8.55. The molecule has 0 radical (unpaired) electrons. The fraction of sp³-hybridized carbons (Fsp3) is 0.421. The van der Waals surface area contributed by atoms with Crippen molar-refractivity contribution in [2.75, 3.05) is 6.54 Å². The van der Waals surface area contributed by atoms with Crippen LogP contribution in [0.4, 0.5) is 0 Å². The molecule has 0 fully saturated rings. The topological polar surface area (TPSA) is 85.3 Å². The van der Waals surface area contributed by atoms with Gasteiger partial charge in [0.1, 0.15) is 0 Å². The second kappa shape index (κ2) is 6.44. The summed E-state index contributed by atoms with van der Waals surface area (Å²) in [7, 11) is 0. The molecule has 1 amide bonds. The number of nitrogens with one attached hydrogen (secondary N) is 1. The van der Waals surface area contributed by atoms with Crippen LogP contribution in [0.3, 0.4) is 0 Å². The summed E-state index contributed by atoms with van der Waals surface area (Å²) < 4.78 is 1.88. The fourth-order valence-electron chi connectivity index (χ4n) is 2.99. The predicted molar refractivity (Wildman–Crippen MR) is 99.6 cm³/mol. The predicted octanol–water partition coefficient (Wildman–Crippen LogP) is 2.29. The third kappa shape index (κ3) is 3.64. The Hall–Kier alpha value is -2.47. The van der Waals surface area contributed by atoms with Crippen LogP contribution in [-0.4, -0.2) is 32.6 Å². The lowest BCUT2D eigenvalue weighted by molar-refractivity contribution is -0.121. The number of hydrogen-bond donors (Lipinski definition) is 2. The molecule has 25 heavy (non-hydrogen) atoms. The molecule has 0 atom stereocenters. The molecule has 0 spiro atoms. The zero-order chi connectivity index (χ0) is 18.2. The summed E-state index contributed by atoms with van der Waals surface area (Å²) in [5.74, 6) is 0.00282. The minimum Gasteiger partial charge on any atom is -0.354 e. The SMILES string of the molecule is Cc1nc2c3ccccc3nn2c(C)c1CCC(=O)NCC(C)(C)N. The van der Waals surface area contributed by atoms with Gasteiger partial charge in [0.2, 0.25) is 5.91 Å². The largest absolute Gasteiger partial charge is 0.354 e. The molecular formula is C19H25N5O. The zero-order valence-electron chi connectivity index (χ0n) is 15.3. The summed E-state index contributed by atoms with van der Waals surface area (Å²) in [5.41, 5.74) is 10.3. The molecule has 3 rings (SSSR count). The Morgan fingerprint density at radius 1 is 1.28 bits per heavy atom. The lowest BCUT2D eigenvalue weighted by atomic mass is 10.1. The van der Waals surface area contributed by atoms with Crippen LogP contribution >= 0.6 is 0 Å². The van der Waals surface area contributed by atoms with Gasteiger partial charge in [-0.2, -0.15) is 5.10 Å². The monoisotopic (exact) mass is 339 g/mol. The van der Waals surface area contributed by atoms with E-state index in [1.54, 1.807) is 0 Å². The molecular weight excluding hydrogens is 314 g/mol. The fourth-order valence-corrected chi connectivity index (χ4v) is 2.99. The average molecular weight is 339 g/mol. The summed E-state index contributed by atoms with van der Waals surface area (Å²) in [4.78, 5) is 16.8. The Kier molecular flexibility index (Phi) is 4.47. The summed E-state index contributed by atoms with van der Waals surface area (Å²) in [6.45, 7) is 8.27. The molecule has 132 valence electrons. The first-order chi connectivity index (χ1) is 11.8. The van der Waals surface area contributed by atoms with E-state index < -0.39 is 5.54 Å². The van der Waals surface area contributed by atoms with E-state index in [2.05, 4.69) is 10.4 Å². The van der Waals surface area contributed by atoms with E-state index in [1.165, 1.54) is 0 Å². The molecule has 2 aromatic heterocycles. The standard InChI is InChI=1S/C19H25N5O/c1-12-14(9-10-17(25)21-11-19(3,4)20)13(2)24-18(22-12)15-7-5-6-8-16(15)23-24/h5-8H,9-11,20H2,1-4H3,(H,21,25). The molecule has 3 N–H and O–H groups in total. The smallest absolute Gasteiger partial charge is 0.220 e. The van der Waals surface area contributed by atoms with Crippen molar-refractivity contribution in [3.63, 3.8) is 0 Å². The quantitative estimate of drug-likeness (QED) is 0.747. The molecule has 0 aliphatic rings. The zero-order valence-corrected chi connectivity index (χ0v) is 15.3. The highest BCUT2D eigenvalue weighted by Crippen LogP contribution is 2.22. The van der Waals surface area contributed by atoms with E-state index in [-0.39, 0.29) is 5.91 Å². The van der Waals surface area contributed by atoms with Crippen LogP contribution in [0.5, 0.6) is 0 Å². The Bertz CT molecular complexity index is 936. The van der Waals surface area contributed by atoms with Gasteiger partial charge in [0, 0.05) is 35.3 Å². The van der Waals surface area contributed by atoms with Gasteiger partial charge in [0.05, 0.1) is 5.52 Å². The third-order valence-corrected chi connectivity index (χ3v) is 4.36. The van der Waals surface area contributed by atoms with E-state index in [4.69, 9.17) is 10.7 Å². The highest BCUT2D eigenvalue weighted by atomic mass is 16.1. The number of amides is 1. The third-order valence-electron chi connectivity index (χ3n) is 4.36. The van der Waals surface area contributed by atoms with Gasteiger partial charge in [-0.15, -0.1) is 0 Å². The van der Waals surface area contributed by atoms with Crippen molar-refractivity contribution in [3.05, 3.63) is 41.2 Å². The number of nitrogens with zero attached hydrogens (tertiary/aromatic N) is 3. The Labute approximate surface area is 147 Å². The van der Waals surface area contributed by atoms with Crippen molar-refractivity contribution in [2.45, 2.75) is 46.1 Å². The van der Waals surface area contributed by atoms with Gasteiger partial charge in [-0.3, -0.25) is 4.79 Å². The number of fused-ring (bicyclic) bond motifs is 3. The molecule has 0 bridgehead atoms. The van der Waals surface area contributed by atoms with Crippen molar-refractivity contribution < 1.29 is 4.79 Å². The Balaban J connectivity index is 1.84. The van der Waals surface area contributed by atoms with Crippen LogP contribution in [0.1, 0.15) is 37.2 Å². The minimum absolute atomic E-state index is 0.00282. The van der Waals surface area contributed by atoms with E-state index in [0.717, 1.165) is 33.5 Å². The van der Waals surface area contributed by atoms with Gasteiger partial charge < -0.3 is 11.1 Å². The molecule has 3 aromatic rings. The van der Waals surface area contributed by atoms with Crippen molar-refractivity contribution in [1.29, 1.82) is 0 Å². The second-order valence-corrected chi connectivity index (χ2v) is 7.28. The van der Waals surface area contributed by atoms with Gasteiger partial charge in [-0.25, -0.2) is 9.50 Å². The minimum atomic E-state index is -0.406. The van der Waals surface area contributed by atoms with E-state index in [0.29, 0.717) is 19.4 Å². The normalized spacial score (nSPS) is 12.0. The van der Waals surface area contributed by atoms with Gasteiger partial charge in [-0.05, 0) is 51.8 Å². The van der Waals surface area contributed by atoms with Crippen LogP contribution in [0.2, 0.25) is 0 Å². The lowest BCUT2D eigenvalue weighted by Crippen LogP contribution is -2.45. The van der Waals surface area contributed by atoms with E-state index >= 15 is 0 Å². The van der Waals surface area contributed by atoms with Gasteiger partial charge >= 0.3 is 0 Å². The molecule has 6 heteroatoms. The van der Waals surface area contributed by atoms with Crippen LogP contribution in [-0.2, 0) is 11.2 Å².